The molecule has 1 rings (SSSR count). The van der Waals surface area contributed by atoms with Crippen LogP contribution in [0.1, 0.15) is 13.8 Å². The summed E-state index contributed by atoms with van der Waals surface area (Å²) in [4.78, 5) is 7.58. The molecule has 0 saturated carbocycles. The third-order valence-corrected chi connectivity index (χ3v) is 2.09. The maximum absolute atomic E-state index is 13.3. The summed E-state index contributed by atoms with van der Waals surface area (Å²) in [5, 5.41) is 0.187. The molecule has 0 aliphatic carbocycles. The first-order valence-corrected chi connectivity index (χ1v) is 5.58. The van der Waals surface area contributed by atoms with E-state index in [1.807, 2.05) is 0 Å². The van der Waals surface area contributed by atoms with E-state index in [1.54, 1.807) is 20.1 Å². The highest BCUT2D eigenvalue weighted by Crippen LogP contribution is 2.24. The second-order valence-corrected chi connectivity index (χ2v) is 3.92. The van der Waals surface area contributed by atoms with Crippen LogP contribution in [-0.2, 0) is 0 Å². The smallest absolute Gasteiger partial charge is 0.256 e. The molecule has 0 fully saturated rings. The van der Waals surface area contributed by atoms with Crippen molar-refractivity contribution >= 4 is 23.4 Å². The Balaban J connectivity index is 3.07. The van der Waals surface area contributed by atoms with Crippen LogP contribution in [0.25, 0.3) is 0 Å². The van der Waals surface area contributed by atoms with Gasteiger partial charge < -0.3 is 4.74 Å². The second-order valence-electron chi connectivity index (χ2n) is 2.79. The van der Waals surface area contributed by atoms with E-state index < -0.39 is 5.82 Å². The zero-order chi connectivity index (χ0) is 10.7. The van der Waals surface area contributed by atoms with E-state index in [0.717, 1.165) is 0 Å². The molecule has 1 aromatic heterocycles. The van der Waals surface area contributed by atoms with Crippen LogP contribution in [0.4, 0.5) is 4.39 Å². The lowest BCUT2D eigenvalue weighted by Crippen LogP contribution is -2.09. The molecule has 0 spiro atoms. The lowest BCUT2D eigenvalue weighted by molar-refractivity contribution is 0.218. The normalized spacial score (nSPS) is 10.7. The summed E-state index contributed by atoms with van der Waals surface area (Å²) >= 11 is 6.84. The molecule has 0 amide bonds. The van der Waals surface area contributed by atoms with Gasteiger partial charge in [0.2, 0.25) is 5.82 Å². The minimum atomic E-state index is -0.710. The highest BCUT2D eigenvalue weighted by molar-refractivity contribution is 7.98. The van der Waals surface area contributed by atoms with Gasteiger partial charge in [0.1, 0.15) is 0 Å². The molecule has 6 heteroatoms. The number of halogens is 2. The predicted octanol–water partition coefficient (Wildman–Crippen LogP) is 2.78. The Kier molecular flexibility index (Phi) is 3.95. The van der Waals surface area contributed by atoms with Crippen LogP contribution < -0.4 is 4.74 Å². The first kappa shape index (κ1) is 11.5. The third kappa shape index (κ3) is 2.72. The van der Waals surface area contributed by atoms with Crippen molar-refractivity contribution in [3.8, 4) is 5.88 Å². The van der Waals surface area contributed by atoms with Gasteiger partial charge in [0.05, 0.1) is 6.10 Å². The van der Waals surface area contributed by atoms with Crippen molar-refractivity contribution in [2.75, 3.05) is 6.26 Å². The molecule has 0 bridgehead atoms. The standard InChI is InChI=1S/C8H10ClFN2OS/c1-4(2)13-7-5(10)6(9)11-8(12-7)14-3/h4H,1-3H3. The summed E-state index contributed by atoms with van der Waals surface area (Å²) in [6, 6.07) is 0. The van der Waals surface area contributed by atoms with Crippen molar-refractivity contribution in [2.45, 2.75) is 25.1 Å². The molecule has 1 aromatic rings. The van der Waals surface area contributed by atoms with Gasteiger partial charge in [-0.05, 0) is 20.1 Å². The topological polar surface area (TPSA) is 35.0 Å². The predicted molar refractivity (Wildman–Crippen MR) is 54.5 cm³/mol. The molecule has 78 valence electrons. The SMILES string of the molecule is CSc1nc(Cl)c(F)c(OC(C)C)n1. The molecule has 14 heavy (non-hydrogen) atoms. The summed E-state index contributed by atoms with van der Waals surface area (Å²) in [5.74, 6) is -0.803. The molecule has 0 atom stereocenters. The van der Waals surface area contributed by atoms with Crippen molar-refractivity contribution in [3.05, 3.63) is 11.0 Å². The Morgan fingerprint density at radius 1 is 1.43 bits per heavy atom. The Bertz CT molecular complexity index is 335. The highest BCUT2D eigenvalue weighted by Gasteiger charge is 2.14. The second kappa shape index (κ2) is 4.79. The summed E-state index contributed by atoms with van der Waals surface area (Å²) < 4.78 is 18.4. The Labute approximate surface area is 91.0 Å². The molecule has 0 radical (unpaired) electrons. The number of ether oxygens (including phenoxy) is 1. The molecular weight excluding hydrogens is 227 g/mol. The molecule has 0 saturated heterocycles. The van der Waals surface area contributed by atoms with E-state index in [0.29, 0.717) is 5.16 Å². The van der Waals surface area contributed by atoms with Crippen LogP contribution in [-0.4, -0.2) is 22.3 Å². The summed E-state index contributed by atoms with van der Waals surface area (Å²) in [7, 11) is 0. The van der Waals surface area contributed by atoms with Crippen molar-refractivity contribution in [1.29, 1.82) is 0 Å². The lowest BCUT2D eigenvalue weighted by atomic mass is 10.5. The van der Waals surface area contributed by atoms with E-state index >= 15 is 0 Å². The van der Waals surface area contributed by atoms with Crippen molar-refractivity contribution in [2.24, 2.45) is 0 Å². The van der Waals surface area contributed by atoms with Crippen LogP contribution in [0.5, 0.6) is 5.88 Å². The third-order valence-electron chi connectivity index (χ3n) is 1.29. The molecule has 0 unspecified atom stereocenters. The monoisotopic (exact) mass is 236 g/mol. The lowest BCUT2D eigenvalue weighted by Gasteiger charge is -2.10. The summed E-state index contributed by atoms with van der Waals surface area (Å²) in [6.07, 6.45) is 1.63. The minimum absolute atomic E-state index is 0.0932. The fraction of sp³-hybridized carbons (Fsp3) is 0.500. The fourth-order valence-electron chi connectivity index (χ4n) is 0.775. The van der Waals surface area contributed by atoms with Crippen LogP contribution in [0, 0.1) is 5.82 Å². The summed E-state index contributed by atoms with van der Waals surface area (Å²) in [5.41, 5.74) is 0. The first-order valence-electron chi connectivity index (χ1n) is 3.98. The van der Waals surface area contributed by atoms with Gasteiger partial charge in [-0.1, -0.05) is 23.4 Å². The van der Waals surface area contributed by atoms with E-state index in [4.69, 9.17) is 16.3 Å². The maximum atomic E-state index is 13.3. The van der Waals surface area contributed by atoms with Crippen molar-refractivity contribution < 1.29 is 9.13 Å². The Hall–Kier alpha value is -0.550. The van der Waals surface area contributed by atoms with Gasteiger partial charge >= 0.3 is 0 Å². The van der Waals surface area contributed by atoms with Crippen LogP contribution >= 0.6 is 23.4 Å². The zero-order valence-corrected chi connectivity index (χ0v) is 9.62. The van der Waals surface area contributed by atoms with Gasteiger partial charge in [0, 0.05) is 0 Å². The van der Waals surface area contributed by atoms with Gasteiger partial charge in [-0.25, -0.2) is 4.98 Å². The Morgan fingerprint density at radius 2 is 2.07 bits per heavy atom. The van der Waals surface area contributed by atoms with Gasteiger partial charge in [-0.15, -0.1) is 0 Å². The number of thioether (sulfide) groups is 1. The van der Waals surface area contributed by atoms with E-state index in [9.17, 15) is 4.39 Å². The average molecular weight is 237 g/mol. The van der Waals surface area contributed by atoms with Gasteiger partial charge in [-0.3, -0.25) is 0 Å². The van der Waals surface area contributed by atoms with Crippen LogP contribution in [0.3, 0.4) is 0 Å². The molecule has 1 heterocycles. The van der Waals surface area contributed by atoms with Gasteiger partial charge in [-0.2, -0.15) is 9.37 Å². The molecular formula is C8H10ClFN2OS. The fourth-order valence-corrected chi connectivity index (χ4v) is 1.34. The number of aromatic nitrogens is 2. The molecule has 0 aliphatic rings. The molecule has 3 nitrogen and oxygen atoms in total. The van der Waals surface area contributed by atoms with E-state index in [-0.39, 0.29) is 17.1 Å². The van der Waals surface area contributed by atoms with Gasteiger partial charge in [0.25, 0.3) is 5.88 Å². The van der Waals surface area contributed by atoms with Crippen molar-refractivity contribution in [3.63, 3.8) is 0 Å². The van der Waals surface area contributed by atoms with Crippen LogP contribution in [0.15, 0.2) is 5.16 Å². The van der Waals surface area contributed by atoms with Crippen LogP contribution in [0.2, 0.25) is 5.15 Å². The molecule has 0 aromatic carbocycles. The van der Waals surface area contributed by atoms with E-state index in [1.165, 1.54) is 11.8 Å². The number of hydrogen-bond acceptors (Lipinski definition) is 4. The Morgan fingerprint density at radius 3 is 2.57 bits per heavy atom. The average Bonchev–Trinajstić information content (AvgIpc) is 2.11. The molecule has 0 N–H and O–H groups in total. The molecule has 0 aliphatic heterocycles. The quantitative estimate of drug-likeness (QED) is 0.459. The van der Waals surface area contributed by atoms with E-state index in [2.05, 4.69) is 9.97 Å². The number of hydrogen-bond donors (Lipinski definition) is 0. The van der Waals surface area contributed by atoms with Crippen molar-refractivity contribution in [1.82, 2.24) is 9.97 Å². The maximum Gasteiger partial charge on any atom is 0.256 e. The summed E-state index contributed by atoms with van der Waals surface area (Å²) in [6.45, 7) is 3.57. The number of rotatable bonds is 3. The minimum Gasteiger partial charge on any atom is -0.473 e. The zero-order valence-electron chi connectivity index (χ0n) is 8.04. The highest BCUT2D eigenvalue weighted by atomic mass is 35.5. The first-order chi connectivity index (χ1) is 6.54. The number of nitrogens with zero attached hydrogens (tertiary/aromatic N) is 2. The van der Waals surface area contributed by atoms with Gasteiger partial charge in [0.15, 0.2) is 10.3 Å². The largest absolute Gasteiger partial charge is 0.473 e.